The Hall–Kier alpha value is -1.01. The number of hydrogen-bond acceptors (Lipinski definition) is 5. The highest BCUT2D eigenvalue weighted by molar-refractivity contribution is 7.91. The molecule has 0 fully saturated rings. The number of aryl methyl sites for hydroxylation is 1. The van der Waals surface area contributed by atoms with Crippen molar-refractivity contribution < 1.29 is 8.42 Å². The van der Waals surface area contributed by atoms with Crippen LogP contribution in [-0.4, -0.2) is 24.9 Å². The number of aromatic nitrogens is 2. The van der Waals surface area contributed by atoms with Crippen LogP contribution < -0.4 is 0 Å². The second-order valence-electron chi connectivity index (χ2n) is 3.08. The zero-order valence-corrected chi connectivity index (χ0v) is 9.32. The Labute approximate surface area is 85.5 Å². The van der Waals surface area contributed by atoms with Crippen molar-refractivity contribution in [3.05, 3.63) is 17.1 Å². The molecule has 0 bridgehead atoms. The largest absolute Gasteiger partial charge is 0.224 e. The Morgan fingerprint density at radius 2 is 2.14 bits per heavy atom. The highest BCUT2D eigenvalue weighted by Gasteiger charge is 2.15. The molecule has 14 heavy (non-hydrogen) atoms. The summed E-state index contributed by atoms with van der Waals surface area (Å²) >= 11 is 1.39. The van der Waals surface area contributed by atoms with E-state index >= 15 is 0 Å². The molecular weight excluding hydrogens is 220 g/mol. The fourth-order valence-electron chi connectivity index (χ4n) is 1.20. The van der Waals surface area contributed by atoms with Gasteiger partial charge in [0.2, 0.25) is 0 Å². The summed E-state index contributed by atoms with van der Waals surface area (Å²) in [6.45, 7) is 1.89. The highest BCUT2D eigenvalue weighted by Crippen LogP contribution is 2.28. The highest BCUT2D eigenvalue weighted by atomic mass is 32.2. The maximum absolute atomic E-state index is 11.4. The number of sulfone groups is 1. The van der Waals surface area contributed by atoms with Gasteiger partial charge in [0.1, 0.15) is 10.4 Å². The number of fused-ring (bicyclic) bond motifs is 1. The maximum atomic E-state index is 11.4. The minimum absolute atomic E-state index is 0.264. The number of hydrogen-bond donors (Lipinski definition) is 0. The Bertz CT molecular complexity index is 586. The van der Waals surface area contributed by atoms with Crippen LogP contribution in [-0.2, 0) is 9.84 Å². The zero-order chi connectivity index (χ0) is 10.3. The van der Waals surface area contributed by atoms with E-state index in [1.807, 2.05) is 12.3 Å². The van der Waals surface area contributed by atoms with Gasteiger partial charge in [0, 0.05) is 6.26 Å². The molecule has 2 aromatic rings. The van der Waals surface area contributed by atoms with Crippen molar-refractivity contribution in [1.82, 2.24) is 10.2 Å². The van der Waals surface area contributed by atoms with Crippen LogP contribution in [0, 0.1) is 6.92 Å². The summed E-state index contributed by atoms with van der Waals surface area (Å²) < 4.78 is 23.5. The predicted octanol–water partition coefficient (Wildman–Crippen LogP) is 1.40. The SMILES string of the molecule is Cc1csc2c(S(C)(=O)=O)cnnc12. The lowest BCUT2D eigenvalue weighted by atomic mass is 10.3. The number of nitrogens with zero attached hydrogens (tertiary/aromatic N) is 2. The normalized spacial score (nSPS) is 12.1. The molecule has 0 aliphatic rings. The Balaban J connectivity index is 2.92. The van der Waals surface area contributed by atoms with Crippen LogP contribution in [0.1, 0.15) is 5.56 Å². The summed E-state index contributed by atoms with van der Waals surface area (Å²) in [7, 11) is -3.21. The van der Waals surface area contributed by atoms with Crippen molar-refractivity contribution in [3.63, 3.8) is 0 Å². The average molecular weight is 228 g/mol. The van der Waals surface area contributed by atoms with E-state index in [9.17, 15) is 8.42 Å². The maximum Gasteiger partial charge on any atom is 0.178 e. The summed E-state index contributed by atoms with van der Waals surface area (Å²) in [4.78, 5) is 0.264. The molecule has 0 aliphatic carbocycles. The first-order valence-electron chi connectivity index (χ1n) is 3.89. The standard InChI is InChI=1S/C8H8N2O2S2/c1-5-4-13-8-6(14(2,11)12)3-9-10-7(5)8/h3-4H,1-2H3. The van der Waals surface area contributed by atoms with Crippen molar-refractivity contribution in [2.24, 2.45) is 0 Å². The van der Waals surface area contributed by atoms with Crippen LogP contribution in [0.15, 0.2) is 16.5 Å². The summed E-state index contributed by atoms with van der Waals surface area (Å²) in [5, 5.41) is 9.48. The fraction of sp³-hybridized carbons (Fsp3) is 0.250. The quantitative estimate of drug-likeness (QED) is 0.740. The predicted molar refractivity (Wildman–Crippen MR) is 55.3 cm³/mol. The first-order chi connectivity index (χ1) is 6.50. The molecule has 0 N–H and O–H groups in total. The Kier molecular flexibility index (Phi) is 2.04. The van der Waals surface area contributed by atoms with Gasteiger partial charge in [-0.25, -0.2) is 8.42 Å². The van der Waals surface area contributed by atoms with Gasteiger partial charge in [-0.3, -0.25) is 0 Å². The van der Waals surface area contributed by atoms with Gasteiger partial charge in [0.05, 0.1) is 10.9 Å². The van der Waals surface area contributed by atoms with Gasteiger partial charge in [-0.1, -0.05) is 0 Å². The Morgan fingerprint density at radius 3 is 2.79 bits per heavy atom. The van der Waals surface area contributed by atoms with Gasteiger partial charge in [-0.2, -0.15) is 5.10 Å². The molecule has 0 aliphatic heterocycles. The molecule has 0 unspecified atom stereocenters. The molecular formula is C8H8N2O2S2. The minimum Gasteiger partial charge on any atom is -0.224 e. The summed E-state index contributed by atoms with van der Waals surface area (Å²) in [6, 6.07) is 0. The molecule has 0 atom stereocenters. The van der Waals surface area contributed by atoms with Crippen molar-refractivity contribution in [1.29, 1.82) is 0 Å². The monoisotopic (exact) mass is 228 g/mol. The number of rotatable bonds is 1. The van der Waals surface area contributed by atoms with Gasteiger partial charge >= 0.3 is 0 Å². The molecule has 0 saturated carbocycles. The molecule has 2 aromatic heterocycles. The van der Waals surface area contributed by atoms with Gasteiger partial charge in [-0.15, -0.1) is 16.4 Å². The molecule has 0 spiro atoms. The third kappa shape index (κ3) is 1.40. The van der Waals surface area contributed by atoms with E-state index in [1.54, 1.807) is 0 Å². The first-order valence-corrected chi connectivity index (χ1v) is 6.67. The lowest BCUT2D eigenvalue weighted by Gasteiger charge is -1.97. The van der Waals surface area contributed by atoms with Crippen LogP contribution in [0.3, 0.4) is 0 Å². The molecule has 74 valence electrons. The first kappa shape index (κ1) is 9.54. The van der Waals surface area contributed by atoms with E-state index < -0.39 is 9.84 Å². The second kappa shape index (κ2) is 2.99. The van der Waals surface area contributed by atoms with Crippen molar-refractivity contribution in [2.45, 2.75) is 11.8 Å². The van der Waals surface area contributed by atoms with Crippen molar-refractivity contribution >= 4 is 31.4 Å². The number of thiophene rings is 1. The van der Waals surface area contributed by atoms with Crippen LogP contribution in [0.25, 0.3) is 10.2 Å². The minimum atomic E-state index is -3.21. The van der Waals surface area contributed by atoms with E-state index in [1.165, 1.54) is 23.8 Å². The zero-order valence-electron chi connectivity index (χ0n) is 7.68. The van der Waals surface area contributed by atoms with Crippen LogP contribution in [0.4, 0.5) is 0 Å². The van der Waals surface area contributed by atoms with E-state index in [0.29, 0.717) is 10.2 Å². The van der Waals surface area contributed by atoms with Gasteiger partial charge < -0.3 is 0 Å². The van der Waals surface area contributed by atoms with Gasteiger partial charge in [-0.05, 0) is 17.9 Å². The molecule has 0 aromatic carbocycles. The topological polar surface area (TPSA) is 59.9 Å². The van der Waals surface area contributed by atoms with Crippen molar-refractivity contribution in [2.75, 3.05) is 6.26 Å². The van der Waals surface area contributed by atoms with Crippen molar-refractivity contribution in [3.8, 4) is 0 Å². The van der Waals surface area contributed by atoms with Gasteiger partial charge in [0.25, 0.3) is 0 Å². The summed E-state index contributed by atoms with van der Waals surface area (Å²) in [5.41, 5.74) is 1.64. The summed E-state index contributed by atoms with van der Waals surface area (Å²) in [5.74, 6) is 0. The van der Waals surface area contributed by atoms with E-state index in [0.717, 1.165) is 5.56 Å². The van der Waals surface area contributed by atoms with E-state index in [-0.39, 0.29) is 4.90 Å². The lowest BCUT2D eigenvalue weighted by molar-refractivity contribution is 0.602. The molecule has 4 nitrogen and oxygen atoms in total. The van der Waals surface area contributed by atoms with Crippen LogP contribution in [0.5, 0.6) is 0 Å². The Morgan fingerprint density at radius 1 is 1.43 bits per heavy atom. The second-order valence-corrected chi connectivity index (χ2v) is 5.94. The average Bonchev–Trinajstić information content (AvgIpc) is 2.46. The van der Waals surface area contributed by atoms with Crippen LogP contribution >= 0.6 is 11.3 Å². The molecule has 0 amide bonds. The van der Waals surface area contributed by atoms with Gasteiger partial charge in [0.15, 0.2) is 9.84 Å². The molecule has 0 saturated heterocycles. The third-order valence-corrected chi connectivity index (χ3v) is 4.26. The van der Waals surface area contributed by atoms with E-state index in [4.69, 9.17) is 0 Å². The third-order valence-electron chi connectivity index (χ3n) is 1.90. The summed E-state index contributed by atoms with van der Waals surface area (Å²) in [6.07, 6.45) is 2.48. The molecule has 6 heteroatoms. The van der Waals surface area contributed by atoms with E-state index in [2.05, 4.69) is 10.2 Å². The smallest absolute Gasteiger partial charge is 0.178 e. The molecule has 2 heterocycles. The molecule has 0 radical (unpaired) electrons. The lowest BCUT2D eigenvalue weighted by Crippen LogP contribution is -1.99. The molecule has 2 rings (SSSR count). The van der Waals surface area contributed by atoms with Crippen LogP contribution in [0.2, 0.25) is 0 Å². The fourth-order valence-corrected chi connectivity index (χ4v) is 3.36.